The lowest BCUT2D eigenvalue weighted by atomic mass is 10.1. The Morgan fingerprint density at radius 2 is 2.07 bits per heavy atom. The Kier molecular flexibility index (Phi) is 3.12. The summed E-state index contributed by atoms with van der Waals surface area (Å²) in [5, 5.41) is 9.64. The fourth-order valence-electron chi connectivity index (χ4n) is 1.34. The molecule has 0 aliphatic carbocycles. The third-order valence-electron chi connectivity index (χ3n) is 1.95. The van der Waals surface area contributed by atoms with Gasteiger partial charge in [-0.05, 0) is 25.5 Å². The Hall–Kier alpha value is -1.51. The minimum absolute atomic E-state index is 0.129. The number of hydrogen-bond donors (Lipinski definition) is 1. The molecule has 0 unspecified atom stereocenters. The second kappa shape index (κ2) is 4.13. The van der Waals surface area contributed by atoms with Crippen LogP contribution in [0.2, 0.25) is 0 Å². The fourth-order valence-corrected chi connectivity index (χ4v) is 1.34. The topological polar surface area (TPSA) is 46.5 Å². The van der Waals surface area contributed by atoms with E-state index in [9.17, 15) is 9.90 Å². The molecule has 0 heterocycles. The minimum Gasteiger partial charge on any atom is -0.507 e. The molecule has 0 bridgehead atoms. The molecule has 1 aromatic carbocycles. The zero-order valence-corrected chi connectivity index (χ0v) is 8.63. The van der Waals surface area contributed by atoms with Crippen LogP contribution in [0.3, 0.4) is 0 Å². The maximum Gasteiger partial charge on any atom is 0.302 e. The highest BCUT2D eigenvalue weighted by Gasteiger charge is 2.06. The molecule has 1 N–H and O–H groups in total. The van der Waals surface area contributed by atoms with Crippen molar-refractivity contribution in [3.05, 3.63) is 28.8 Å². The average Bonchev–Trinajstić information content (AvgIpc) is 2.08. The van der Waals surface area contributed by atoms with Crippen molar-refractivity contribution in [2.75, 3.05) is 0 Å². The Balaban J connectivity index is 2.90. The summed E-state index contributed by atoms with van der Waals surface area (Å²) in [4.78, 5) is 10.6. The van der Waals surface area contributed by atoms with Crippen molar-refractivity contribution in [3.63, 3.8) is 0 Å². The number of phenolic OH excluding ortho intramolecular Hbond substituents is 1. The lowest BCUT2D eigenvalue weighted by Gasteiger charge is -2.08. The molecule has 0 atom stereocenters. The molecule has 3 nitrogen and oxygen atoms in total. The number of phenols is 1. The van der Waals surface area contributed by atoms with Crippen molar-refractivity contribution in [1.29, 1.82) is 0 Å². The van der Waals surface area contributed by atoms with Gasteiger partial charge in [0.1, 0.15) is 12.4 Å². The van der Waals surface area contributed by atoms with E-state index >= 15 is 0 Å². The van der Waals surface area contributed by atoms with Crippen molar-refractivity contribution in [2.24, 2.45) is 0 Å². The van der Waals surface area contributed by atoms with Crippen LogP contribution >= 0.6 is 0 Å². The molecule has 0 saturated carbocycles. The molecule has 1 rings (SSSR count). The summed E-state index contributed by atoms with van der Waals surface area (Å²) in [6.07, 6.45) is 0. The standard InChI is InChI=1S/C11H14O3/c1-7-4-8(2)11(13)10(5-7)6-14-9(3)12/h4-5,13H,6H2,1-3H3. The van der Waals surface area contributed by atoms with E-state index in [0.717, 1.165) is 11.1 Å². The van der Waals surface area contributed by atoms with Crippen molar-refractivity contribution >= 4 is 5.97 Å². The van der Waals surface area contributed by atoms with E-state index in [1.807, 2.05) is 26.0 Å². The number of carbonyl (C=O) groups excluding carboxylic acids is 1. The first-order valence-corrected chi connectivity index (χ1v) is 4.43. The number of aryl methyl sites for hydroxylation is 2. The van der Waals surface area contributed by atoms with E-state index in [2.05, 4.69) is 0 Å². The van der Waals surface area contributed by atoms with Crippen LogP contribution < -0.4 is 0 Å². The van der Waals surface area contributed by atoms with E-state index < -0.39 is 0 Å². The molecule has 0 aliphatic rings. The van der Waals surface area contributed by atoms with Crippen LogP contribution in [0.25, 0.3) is 0 Å². The summed E-state index contributed by atoms with van der Waals surface area (Å²) in [5.41, 5.74) is 2.49. The number of ether oxygens (including phenoxy) is 1. The third kappa shape index (κ3) is 2.49. The van der Waals surface area contributed by atoms with E-state index in [4.69, 9.17) is 4.74 Å². The zero-order valence-electron chi connectivity index (χ0n) is 8.63. The van der Waals surface area contributed by atoms with Gasteiger partial charge in [0, 0.05) is 12.5 Å². The van der Waals surface area contributed by atoms with Crippen LogP contribution in [0.1, 0.15) is 23.6 Å². The zero-order chi connectivity index (χ0) is 10.7. The van der Waals surface area contributed by atoms with E-state index in [1.165, 1.54) is 6.92 Å². The van der Waals surface area contributed by atoms with Crippen LogP contribution in [-0.4, -0.2) is 11.1 Å². The Morgan fingerprint density at radius 1 is 1.43 bits per heavy atom. The van der Waals surface area contributed by atoms with Gasteiger partial charge in [-0.25, -0.2) is 0 Å². The number of carbonyl (C=O) groups is 1. The summed E-state index contributed by atoms with van der Waals surface area (Å²) < 4.78 is 4.82. The van der Waals surface area contributed by atoms with Gasteiger partial charge >= 0.3 is 5.97 Å². The lowest BCUT2D eigenvalue weighted by molar-refractivity contribution is -0.142. The molecule has 1 aromatic rings. The Morgan fingerprint density at radius 3 is 2.64 bits per heavy atom. The van der Waals surface area contributed by atoms with Gasteiger partial charge in [-0.2, -0.15) is 0 Å². The van der Waals surface area contributed by atoms with Gasteiger partial charge in [0.15, 0.2) is 0 Å². The summed E-state index contributed by atoms with van der Waals surface area (Å²) in [5.74, 6) is -0.139. The summed E-state index contributed by atoms with van der Waals surface area (Å²) >= 11 is 0. The molecule has 0 radical (unpaired) electrons. The van der Waals surface area contributed by atoms with Crippen molar-refractivity contribution < 1.29 is 14.6 Å². The third-order valence-corrected chi connectivity index (χ3v) is 1.95. The van der Waals surface area contributed by atoms with E-state index in [0.29, 0.717) is 5.56 Å². The molecular formula is C11H14O3. The van der Waals surface area contributed by atoms with Crippen LogP contribution in [0, 0.1) is 13.8 Å². The Bertz CT molecular complexity index is 356. The molecule has 3 heteroatoms. The van der Waals surface area contributed by atoms with Gasteiger partial charge in [-0.15, -0.1) is 0 Å². The van der Waals surface area contributed by atoms with Crippen molar-refractivity contribution in [2.45, 2.75) is 27.4 Å². The second-order valence-corrected chi connectivity index (χ2v) is 3.37. The Labute approximate surface area is 83.3 Å². The number of rotatable bonds is 2. The van der Waals surface area contributed by atoms with Crippen molar-refractivity contribution in [1.82, 2.24) is 0 Å². The van der Waals surface area contributed by atoms with Gasteiger partial charge in [0.05, 0.1) is 0 Å². The number of esters is 1. The molecular weight excluding hydrogens is 180 g/mol. The van der Waals surface area contributed by atoms with Crippen molar-refractivity contribution in [3.8, 4) is 5.75 Å². The smallest absolute Gasteiger partial charge is 0.302 e. The minimum atomic E-state index is -0.344. The van der Waals surface area contributed by atoms with E-state index in [-0.39, 0.29) is 18.3 Å². The number of hydrogen-bond acceptors (Lipinski definition) is 3. The fraction of sp³-hybridized carbons (Fsp3) is 0.364. The molecule has 0 aromatic heterocycles. The molecule has 0 amide bonds. The molecule has 0 fully saturated rings. The predicted molar refractivity (Wildman–Crippen MR) is 53.1 cm³/mol. The average molecular weight is 194 g/mol. The first kappa shape index (κ1) is 10.6. The molecule has 0 spiro atoms. The highest BCUT2D eigenvalue weighted by molar-refractivity contribution is 5.66. The number of aromatic hydroxyl groups is 1. The summed E-state index contributed by atoms with van der Waals surface area (Å²) in [6, 6.07) is 3.69. The highest BCUT2D eigenvalue weighted by Crippen LogP contribution is 2.24. The summed E-state index contributed by atoms with van der Waals surface area (Å²) in [6.45, 7) is 5.23. The number of benzene rings is 1. The quantitative estimate of drug-likeness (QED) is 0.733. The first-order chi connectivity index (χ1) is 6.50. The maximum atomic E-state index is 10.6. The maximum absolute atomic E-state index is 10.6. The monoisotopic (exact) mass is 194 g/mol. The van der Waals surface area contributed by atoms with Gasteiger partial charge in [-0.3, -0.25) is 4.79 Å². The first-order valence-electron chi connectivity index (χ1n) is 4.43. The molecule has 0 saturated heterocycles. The molecule has 14 heavy (non-hydrogen) atoms. The van der Waals surface area contributed by atoms with Crippen LogP contribution in [0.4, 0.5) is 0 Å². The van der Waals surface area contributed by atoms with Gasteiger partial charge in [-0.1, -0.05) is 11.6 Å². The molecule has 76 valence electrons. The van der Waals surface area contributed by atoms with Crippen LogP contribution in [0.5, 0.6) is 5.75 Å². The SMILES string of the molecule is CC(=O)OCc1cc(C)cc(C)c1O. The lowest BCUT2D eigenvalue weighted by Crippen LogP contribution is -2.00. The van der Waals surface area contributed by atoms with Gasteiger partial charge in [0.25, 0.3) is 0 Å². The van der Waals surface area contributed by atoms with Gasteiger partial charge < -0.3 is 9.84 Å². The summed E-state index contributed by atoms with van der Waals surface area (Å²) in [7, 11) is 0. The van der Waals surface area contributed by atoms with Crippen LogP contribution in [0.15, 0.2) is 12.1 Å². The highest BCUT2D eigenvalue weighted by atomic mass is 16.5. The van der Waals surface area contributed by atoms with E-state index in [1.54, 1.807) is 0 Å². The van der Waals surface area contributed by atoms with Gasteiger partial charge in [0.2, 0.25) is 0 Å². The predicted octanol–water partition coefficient (Wildman–Crippen LogP) is 2.07. The second-order valence-electron chi connectivity index (χ2n) is 3.37. The largest absolute Gasteiger partial charge is 0.507 e. The molecule has 0 aliphatic heterocycles. The normalized spacial score (nSPS) is 9.93. The van der Waals surface area contributed by atoms with Crippen LogP contribution in [-0.2, 0) is 16.1 Å².